The van der Waals surface area contributed by atoms with Crippen LogP contribution in [-0.4, -0.2) is 20.2 Å². The third-order valence-corrected chi connectivity index (χ3v) is 3.33. The maximum Gasteiger partial charge on any atom is 0.118 e. The number of benzene rings is 1. The van der Waals surface area contributed by atoms with E-state index >= 15 is 0 Å². The smallest absolute Gasteiger partial charge is 0.118 e. The highest BCUT2D eigenvalue weighted by Crippen LogP contribution is 2.17. The number of ether oxygens (including phenoxy) is 1. The van der Waals surface area contributed by atoms with E-state index in [1.54, 1.807) is 7.11 Å². The Labute approximate surface area is 112 Å². The van der Waals surface area contributed by atoms with Gasteiger partial charge in [0, 0.05) is 0 Å². The lowest BCUT2D eigenvalue weighted by Gasteiger charge is -2.17. The molecule has 18 heavy (non-hydrogen) atoms. The van der Waals surface area contributed by atoms with E-state index in [2.05, 4.69) is 43.4 Å². The highest BCUT2D eigenvalue weighted by atomic mass is 16.5. The van der Waals surface area contributed by atoms with Crippen LogP contribution in [-0.2, 0) is 6.42 Å². The number of rotatable bonds is 9. The minimum atomic E-state index is 0.748. The largest absolute Gasteiger partial charge is 0.497 e. The Bertz CT molecular complexity index is 299. The van der Waals surface area contributed by atoms with Gasteiger partial charge in [0.15, 0.2) is 0 Å². The monoisotopic (exact) mass is 249 g/mol. The predicted octanol–water partition coefficient (Wildman–Crippen LogP) is 3.65. The highest BCUT2D eigenvalue weighted by Gasteiger charge is 2.09. The van der Waals surface area contributed by atoms with Crippen LogP contribution in [0.1, 0.15) is 38.7 Å². The van der Waals surface area contributed by atoms with Crippen LogP contribution in [0.5, 0.6) is 5.75 Å². The fourth-order valence-electron chi connectivity index (χ4n) is 2.21. The molecular weight excluding hydrogens is 222 g/mol. The molecule has 1 aromatic carbocycles. The number of methoxy groups -OCH3 is 1. The second-order valence-electron chi connectivity index (χ2n) is 4.87. The molecule has 2 heteroatoms. The summed E-state index contributed by atoms with van der Waals surface area (Å²) in [6, 6.07) is 8.48. The zero-order chi connectivity index (χ0) is 13.2. The van der Waals surface area contributed by atoms with Crippen LogP contribution in [0.4, 0.5) is 0 Å². The molecule has 1 rings (SSSR count). The molecular formula is C16H27NO. The molecule has 1 unspecified atom stereocenters. The molecule has 0 bridgehead atoms. The summed E-state index contributed by atoms with van der Waals surface area (Å²) in [5, 5.41) is 3.48. The van der Waals surface area contributed by atoms with E-state index in [0.717, 1.165) is 31.2 Å². The second-order valence-corrected chi connectivity index (χ2v) is 4.87. The maximum atomic E-state index is 5.19. The maximum absolute atomic E-state index is 5.19. The van der Waals surface area contributed by atoms with Crippen molar-refractivity contribution in [2.75, 3.05) is 20.2 Å². The summed E-state index contributed by atoms with van der Waals surface area (Å²) in [6.45, 7) is 6.62. The van der Waals surface area contributed by atoms with Crippen molar-refractivity contribution in [3.63, 3.8) is 0 Å². The standard InChI is InChI=1S/C16H27NO/c1-4-6-7-15(13-17-5-2)12-14-8-10-16(18-3)11-9-14/h8-11,15,17H,4-7,12-13H2,1-3H3. The van der Waals surface area contributed by atoms with Gasteiger partial charge in [0.2, 0.25) is 0 Å². The van der Waals surface area contributed by atoms with Crippen LogP contribution in [0.2, 0.25) is 0 Å². The van der Waals surface area contributed by atoms with Crippen LogP contribution in [0.15, 0.2) is 24.3 Å². The Balaban J connectivity index is 2.51. The van der Waals surface area contributed by atoms with E-state index in [9.17, 15) is 0 Å². The van der Waals surface area contributed by atoms with Crippen LogP contribution in [0.3, 0.4) is 0 Å². The van der Waals surface area contributed by atoms with Gasteiger partial charge in [-0.3, -0.25) is 0 Å². The molecule has 1 aromatic rings. The Morgan fingerprint density at radius 1 is 1.17 bits per heavy atom. The first-order valence-electron chi connectivity index (χ1n) is 7.13. The molecule has 0 fully saturated rings. The fourth-order valence-corrected chi connectivity index (χ4v) is 2.21. The van der Waals surface area contributed by atoms with Gasteiger partial charge in [-0.2, -0.15) is 0 Å². The molecule has 0 aliphatic rings. The van der Waals surface area contributed by atoms with Gasteiger partial charge in [-0.05, 0) is 49.5 Å². The zero-order valence-electron chi connectivity index (χ0n) is 12.0. The minimum absolute atomic E-state index is 0.748. The summed E-state index contributed by atoms with van der Waals surface area (Å²) in [5.41, 5.74) is 1.41. The normalized spacial score (nSPS) is 12.4. The molecule has 2 nitrogen and oxygen atoms in total. The van der Waals surface area contributed by atoms with E-state index in [-0.39, 0.29) is 0 Å². The molecule has 0 amide bonds. The first kappa shape index (κ1) is 15.0. The van der Waals surface area contributed by atoms with Crippen molar-refractivity contribution in [3.05, 3.63) is 29.8 Å². The van der Waals surface area contributed by atoms with Gasteiger partial charge >= 0.3 is 0 Å². The number of hydrogen-bond acceptors (Lipinski definition) is 2. The third-order valence-electron chi connectivity index (χ3n) is 3.33. The second kappa shape index (κ2) is 8.98. The van der Waals surface area contributed by atoms with Crippen LogP contribution in [0, 0.1) is 5.92 Å². The van der Waals surface area contributed by atoms with Crippen molar-refractivity contribution >= 4 is 0 Å². The average molecular weight is 249 g/mol. The van der Waals surface area contributed by atoms with Crippen molar-refractivity contribution in [2.24, 2.45) is 5.92 Å². The number of unbranched alkanes of at least 4 members (excludes halogenated alkanes) is 1. The van der Waals surface area contributed by atoms with E-state index in [4.69, 9.17) is 4.74 Å². The van der Waals surface area contributed by atoms with Gasteiger partial charge in [-0.15, -0.1) is 0 Å². The molecule has 0 saturated carbocycles. The summed E-state index contributed by atoms with van der Waals surface area (Å²) in [6.07, 6.45) is 5.09. The summed E-state index contributed by atoms with van der Waals surface area (Å²) in [4.78, 5) is 0. The summed E-state index contributed by atoms with van der Waals surface area (Å²) >= 11 is 0. The lowest BCUT2D eigenvalue weighted by atomic mass is 9.94. The quantitative estimate of drug-likeness (QED) is 0.721. The van der Waals surface area contributed by atoms with Crippen molar-refractivity contribution in [1.82, 2.24) is 5.32 Å². The molecule has 0 aliphatic carbocycles. The molecule has 0 aliphatic heterocycles. The van der Waals surface area contributed by atoms with Gasteiger partial charge in [-0.1, -0.05) is 38.8 Å². The van der Waals surface area contributed by atoms with Crippen molar-refractivity contribution in [3.8, 4) is 5.75 Å². The molecule has 102 valence electrons. The van der Waals surface area contributed by atoms with Crippen LogP contribution >= 0.6 is 0 Å². The number of hydrogen-bond donors (Lipinski definition) is 1. The highest BCUT2D eigenvalue weighted by molar-refractivity contribution is 5.27. The molecule has 1 N–H and O–H groups in total. The number of nitrogens with one attached hydrogen (secondary N) is 1. The van der Waals surface area contributed by atoms with Gasteiger partial charge in [0.25, 0.3) is 0 Å². The molecule has 1 atom stereocenters. The Morgan fingerprint density at radius 2 is 1.89 bits per heavy atom. The summed E-state index contributed by atoms with van der Waals surface area (Å²) < 4.78 is 5.19. The summed E-state index contributed by atoms with van der Waals surface area (Å²) in [7, 11) is 1.71. The van der Waals surface area contributed by atoms with E-state index in [1.165, 1.54) is 24.8 Å². The topological polar surface area (TPSA) is 21.3 Å². The lowest BCUT2D eigenvalue weighted by Crippen LogP contribution is -2.24. The van der Waals surface area contributed by atoms with E-state index < -0.39 is 0 Å². The zero-order valence-corrected chi connectivity index (χ0v) is 12.0. The molecule has 0 saturated heterocycles. The van der Waals surface area contributed by atoms with Crippen molar-refractivity contribution in [2.45, 2.75) is 39.5 Å². The van der Waals surface area contributed by atoms with Crippen molar-refractivity contribution < 1.29 is 4.74 Å². The minimum Gasteiger partial charge on any atom is -0.497 e. The van der Waals surface area contributed by atoms with Gasteiger partial charge in [0.05, 0.1) is 7.11 Å². The summed E-state index contributed by atoms with van der Waals surface area (Å²) in [5.74, 6) is 1.69. The molecule has 0 radical (unpaired) electrons. The Kier molecular flexibility index (Phi) is 7.51. The molecule has 0 aromatic heterocycles. The Hall–Kier alpha value is -1.02. The fraction of sp³-hybridized carbons (Fsp3) is 0.625. The van der Waals surface area contributed by atoms with E-state index in [0.29, 0.717) is 0 Å². The van der Waals surface area contributed by atoms with Crippen molar-refractivity contribution in [1.29, 1.82) is 0 Å². The van der Waals surface area contributed by atoms with Crippen LogP contribution < -0.4 is 10.1 Å². The lowest BCUT2D eigenvalue weighted by molar-refractivity contribution is 0.413. The molecule has 0 spiro atoms. The SMILES string of the molecule is CCCCC(CNCC)Cc1ccc(OC)cc1. The van der Waals surface area contributed by atoms with Gasteiger partial charge in [-0.25, -0.2) is 0 Å². The molecule has 0 heterocycles. The Morgan fingerprint density at radius 3 is 2.44 bits per heavy atom. The van der Waals surface area contributed by atoms with E-state index in [1.807, 2.05) is 0 Å². The van der Waals surface area contributed by atoms with Gasteiger partial charge in [0.1, 0.15) is 5.75 Å². The first-order valence-corrected chi connectivity index (χ1v) is 7.13. The average Bonchev–Trinajstić information content (AvgIpc) is 2.42. The first-order chi connectivity index (χ1) is 8.80. The van der Waals surface area contributed by atoms with Gasteiger partial charge < -0.3 is 10.1 Å². The predicted molar refractivity (Wildman–Crippen MR) is 78.3 cm³/mol. The third kappa shape index (κ3) is 5.54. The van der Waals surface area contributed by atoms with Crippen LogP contribution in [0.25, 0.3) is 0 Å².